The second-order valence-electron chi connectivity index (χ2n) is 6.34. The van der Waals surface area contributed by atoms with Crippen LogP contribution < -0.4 is 9.47 Å². The maximum absolute atomic E-state index is 13.5. The molecular weight excluding hydrogens is 415 g/mol. The quantitative estimate of drug-likeness (QED) is 0.281. The van der Waals surface area contributed by atoms with Crippen molar-refractivity contribution in [3.8, 4) is 17.2 Å². The summed E-state index contributed by atoms with van der Waals surface area (Å²) in [6.07, 6.45) is -3.36. The molecule has 0 radical (unpaired) electrons. The van der Waals surface area contributed by atoms with Gasteiger partial charge in [0.05, 0.1) is 0 Å². The fraction of sp³-hybridized carbons (Fsp3) is 0.0833. The molecule has 0 saturated carbocycles. The summed E-state index contributed by atoms with van der Waals surface area (Å²) in [6, 6.07) is 20.6. The molecule has 3 rings (SSSR count). The number of allylic oxidation sites excluding steroid dienone is 3. The number of alkyl halides is 5. The van der Waals surface area contributed by atoms with E-state index in [1.807, 2.05) is 30.3 Å². The Morgan fingerprint density at radius 3 is 2.10 bits per heavy atom. The van der Waals surface area contributed by atoms with Crippen LogP contribution >= 0.6 is 0 Å². The van der Waals surface area contributed by atoms with Crippen LogP contribution in [0.25, 0.3) is 11.6 Å². The molecule has 0 atom stereocenters. The summed E-state index contributed by atoms with van der Waals surface area (Å²) >= 11 is 0. The fourth-order valence-electron chi connectivity index (χ4n) is 2.71. The molecule has 3 aromatic rings. The second kappa shape index (κ2) is 9.93. The molecule has 0 aromatic heterocycles. The summed E-state index contributed by atoms with van der Waals surface area (Å²) in [5.74, 6) is 0.781. The Morgan fingerprint density at radius 2 is 1.45 bits per heavy atom. The van der Waals surface area contributed by atoms with Crippen LogP contribution in [-0.2, 0) is 0 Å². The molecule has 2 nitrogen and oxygen atoms in total. The van der Waals surface area contributed by atoms with Gasteiger partial charge in [-0.05, 0) is 47.5 Å². The van der Waals surface area contributed by atoms with E-state index in [-0.39, 0.29) is 11.1 Å². The third-order valence-corrected chi connectivity index (χ3v) is 4.06. The lowest BCUT2D eigenvalue weighted by atomic mass is 10.1. The highest BCUT2D eigenvalue weighted by atomic mass is 19.4. The van der Waals surface area contributed by atoms with Crippen LogP contribution in [0.3, 0.4) is 0 Å². The Balaban J connectivity index is 1.74. The number of halogens is 5. The third kappa shape index (κ3) is 6.99. The predicted octanol–water partition coefficient (Wildman–Crippen LogP) is 7.74. The summed E-state index contributed by atoms with van der Waals surface area (Å²) in [4.78, 5) is 0. The molecule has 0 saturated heterocycles. The number of benzene rings is 3. The van der Waals surface area contributed by atoms with Crippen molar-refractivity contribution in [1.82, 2.24) is 0 Å². The molecule has 7 heteroatoms. The summed E-state index contributed by atoms with van der Waals surface area (Å²) in [5, 5.41) is 0. The van der Waals surface area contributed by atoms with Gasteiger partial charge in [-0.1, -0.05) is 60.7 Å². The normalized spacial score (nSPS) is 12.4. The van der Waals surface area contributed by atoms with Gasteiger partial charge in [0.15, 0.2) is 0 Å². The lowest BCUT2D eigenvalue weighted by Gasteiger charge is -2.10. The van der Waals surface area contributed by atoms with Gasteiger partial charge in [-0.3, -0.25) is 0 Å². The maximum atomic E-state index is 13.5. The zero-order valence-electron chi connectivity index (χ0n) is 16.0. The SMILES string of the molecule is FC(F)/C(=C/C=C\c1cccc(Oc2ccccc2)c1)c1ccc(OC(F)(F)F)cc1. The first kappa shape index (κ1) is 22.1. The second-order valence-corrected chi connectivity index (χ2v) is 6.34. The standard InChI is InChI=1S/C24H17F5O2/c25-23(26)22(18-12-14-20(15-13-18)31-24(27,28)29)11-5-7-17-6-4-10-21(16-17)30-19-8-2-1-3-9-19/h1-16,23H/b7-5-,22-11+. The third-order valence-electron chi connectivity index (χ3n) is 4.06. The van der Waals surface area contributed by atoms with Gasteiger partial charge in [-0.25, -0.2) is 8.78 Å². The lowest BCUT2D eigenvalue weighted by Crippen LogP contribution is -2.17. The van der Waals surface area contributed by atoms with E-state index in [9.17, 15) is 22.0 Å². The highest BCUT2D eigenvalue weighted by Gasteiger charge is 2.31. The predicted molar refractivity (Wildman–Crippen MR) is 109 cm³/mol. The number of para-hydroxylation sites is 1. The van der Waals surface area contributed by atoms with Crippen LogP contribution in [0.4, 0.5) is 22.0 Å². The van der Waals surface area contributed by atoms with Crippen LogP contribution in [0.2, 0.25) is 0 Å². The van der Waals surface area contributed by atoms with Crippen LogP contribution in [-0.4, -0.2) is 12.8 Å². The first-order valence-corrected chi connectivity index (χ1v) is 9.16. The molecule has 0 bridgehead atoms. The Kier molecular flexibility index (Phi) is 7.07. The molecule has 0 amide bonds. The first-order valence-electron chi connectivity index (χ1n) is 9.16. The maximum Gasteiger partial charge on any atom is 0.573 e. The van der Waals surface area contributed by atoms with E-state index in [0.717, 1.165) is 29.8 Å². The van der Waals surface area contributed by atoms with E-state index in [2.05, 4.69) is 4.74 Å². The number of ether oxygens (including phenoxy) is 2. The molecule has 0 N–H and O–H groups in total. The molecule has 160 valence electrons. The average Bonchev–Trinajstić information content (AvgIpc) is 2.72. The summed E-state index contributed by atoms with van der Waals surface area (Å²) in [7, 11) is 0. The molecule has 0 heterocycles. The molecule has 0 spiro atoms. The van der Waals surface area contributed by atoms with Gasteiger partial charge >= 0.3 is 6.36 Å². The van der Waals surface area contributed by atoms with E-state index in [1.165, 1.54) is 12.2 Å². The molecule has 31 heavy (non-hydrogen) atoms. The smallest absolute Gasteiger partial charge is 0.457 e. The monoisotopic (exact) mass is 432 g/mol. The van der Waals surface area contributed by atoms with Crippen molar-refractivity contribution in [2.75, 3.05) is 0 Å². The van der Waals surface area contributed by atoms with Gasteiger partial charge in [0.25, 0.3) is 6.43 Å². The number of hydrogen-bond acceptors (Lipinski definition) is 2. The molecular formula is C24H17F5O2. The fourth-order valence-corrected chi connectivity index (χ4v) is 2.71. The van der Waals surface area contributed by atoms with E-state index in [0.29, 0.717) is 11.5 Å². The first-order chi connectivity index (χ1) is 14.8. The number of rotatable bonds is 7. The molecule has 0 unspecified atom stereocenters. The van der Waals surface area contributed by atoms with Crippen molar-refractivity contribution in [3.05, 3.63) is 102 Å². The average molecular weight is 432 g/mol. The summed E-state index contributed by atoms with van der Waals surface area (Å²) < 4.78 is 73.1. The van der Waals surface area contributed by atoms with Crippen LogP contribution in [0, 0.1) is 0 Å². The highest BCUT2D eigenvalue weighted by molar-refractivity contribution is 5.71. The van der Waals surface area contributed by atoms with Crippen molar-refractivity contribution in [2.24, 2.45) is 0 Å². The van der Waals surface area contributed by atoms with E-state index in [1.54, 1.807) is 30.3 Å². The molecule has 0 aliphatic carbocycles. The summed E-state index contributed by atoms with van der Waals surface area (Å²) in [5.41, 5.74) is 0.494. The van der Waals surface area contributed by atoms with Gasteiger partial charge in [0, 0.05) is 5.57 Å². The minimum absolute atomic E-state index is 0.0929. The Hall–Kier alpha value is -3.61. The zero-order valence-corrected chi connectivity index (χ0v) is 16.0. The molecule has 0 fully saturated rings. The van der Waals surface area contributed by atoms with Crippen LogP contribution in [0.1, 0.15) is 11.1 Å². The highest BCUT2D eigenvalue weighted by Crippen LogP contribution is 2.28. The Labute approximate surface area is 175 Å². The largest absolute Gasteiger partial charge is 0.573 e. The van der Waals surface area contributed by atoms with Crippen LogP contribution in [0.15, 0.2) is 91.0 Å². The Morgan fingerprint density at radius 1 is 0.774 bits per heavy atom. The van der Waals surface area contributed by atoms with Crippen molar-refractivity contribution >= 4 is 11.6 Å². The van der Waals surface area contributed by atoms with E-state index in [4.69, 9.17) is 4.74 Å². The summed E-state index contributed by atoms with van der Waals surface area (Å²) in [6.45, 7) is 0. The minimum Gasteiger partial charge on any atom is -0.457 e. The van der Waals surface area contributed by atoms with Gasteiger partial charge < -0.3 is 9.47 Å². The molecule has 0 aliphatic heterocycles. The molecule has 0 aliphatic rings. The Bertz CT molecular complexity index is 1040. The van der Waals surface area contributed by atoms with Crippen molar-refractivity contribution in [2.45, 2.75) is 12.8 Å². The van der Waals surface area contributed by atoms with E-state index >= 15 is 0 Å². The van der Waals surface area contributed by atoms with Crippen molar-refractivity contribution in [3.63, 3.8) is 0 Å². The van der Waals surface area contributed by atoms with Crippen molar-refractivity contribution < 1.29 is 31.4 Å². The van der Waals surface area contributed by atoms with E-state index < -0.39 is 18.5 Å². The van der Waals surface area contributed by atoms with Crippen molar-refractivity contribution in [1.29, 1.82) is 0 Å². The minimum atomic E-state index is -4.84. The van der Waals surface area contributed by atoms with Gasteiger partial charge in [-0.2, -0.15) is 0 Å². The number of hydrogen-bond donors (Lipinski definition) is 0. The van der Waals surface area contributed by atoms with Gasteiger partial charge in [0.1, 0.15) is 17.2 Å². The topological polar surface area (TPSA) is 18.5 Å². The van der Waals surface area contributed by atoms with Gasteiger partial charge in [0.2, 0.25) is 0 Å². The van der Waals surface area contributed by atoms with Crippen LogP contribution in [0.5, 0.6) is 17.2 Å². The zero-order chi connectivity index (χ0) is 22.3. The lowest BCUT2D eigenvalue weighted by molar-refractivity contribution is -0.274. The van der Waals surface area contributed by atoms with Gasteiger partial charge in [-0.15, -0.1) is 13.2 Å². The molecule has 3 aromatic carbocycles.